The van der Waals surface area contributed by atoms with Gasteiger partial charge in [0.05, 0.1) is 15.5 Å². The number of hydrogen-bond donors (Lipinski definition) is 0. The molecule has 15 heavy (non-hydrogen) atoms. The summed E-state index contributed by atoms with van der Waals surface area (Å²) in [7, 11) is 1.73. The quantitative estimate of drug-likeness (QED) is 0.627. The van der Waals surface area contributed by atoms with E-state index in [0.29, 0.717) is 10.9 Å². The van der Waals surface area contributed by atoms with E-state index in [0.717, 1.165) is 21.6 Å². The van der Waals surface area contributed by atoms with E-state index < -0.39 is 0 Å². The maximum Gasteiger partial charge on any atom is 0.307 e. The molecule has 0 aliphatic rings. The zero-order valence-corrected chi connectivity index (χ0v) is 10.4. The Hall–Kier alpha value is -0.940. The molecule has 0 fully saturated rings. The minimum atomic E-state index is -0.00607. The molecule has 0 bridgehead atoms. The van der Waals surface area contributed by atoms with Gasteiger partial charge < -0.3 is 4.57 Å². The molecule has 0 aliphatic carbocycles. The number of aromatic nitrogens is 1. The Kier molecular flexibility index (Phi) is 2.75. The van der Waals surface area contributed by atoms with Crippen molar-refractivity contribution in [2.75, 3.05) is 5.33 Å². The standard InChI is InChI=1S/C10H8BrNO2S/c1-12-7-3-2-6(8(13)5-11)4-9(7)15-10(12)14/h2-4H,5H2,1H3. The molecule has 0 radical (unpaired) electrons. The first-order chi connectivity index (χ1) is 7.13. The molecule has 0 N–H and O–H groups in total. The van der Waals surface area contributed by atoms with Crippen molar-refractivity contribution in [1.29, 1.82) is 0 Å². The lowest BCUT2D eigenvalue weighted by Crippen LogP contribution is -2.06. The number of thiazole rings is 1. The molecule has 0 amide bonds. The summed E-state index contributed by atoms with van der Waals surface area (Å²) in [6.07, 6.45) is 0. The van der Waals surface area contributed by atoms with Crippen molar-refractivity contribution in [3.8, 4) is 0 Å². The van der Waals surface area contributed by atoms with E-state index >= 15 is 0 Å². The number of rotatable bonds is 2. The summed E-state index contributed by atoms with van der Waals surface area (Å²) in [5.41, 5.74) is 1.51. The predicted octanol–water partition coefficient (Wildman–Crippen LogP) is 2.18. The van der Waals surface area contributed by atoms with Crippen LogP contribution in [0.2, 0.25) is 0 Å². The van der Waals surface area contributed by atoms with E-state index in [1.54, 1.807) is 23.7 Å². The van der Waals surface area contributed by atoms with Crippen LogP contribution in [-0.4, -0.2) is 15.7 Å². The second-order valence-corrected chi connectivity index (χ2v) is 4.72. The number of Topliss-reactive ketones (excluding diaryl/α,β-unsaturated/α-hetero) is 1. The van der Waals surface area contributed by atoms with Gasteiger partial charge in [-0.05, 0) is 18.2 Å². The highest BCUT2D eigenvalue weighted by atomic mass is 79.9. The van der Waals surface area contributed by atoms with Gasteiger partial charge in [0.15, 0.2) is 5.78 Å². The van der Waals surface area contributed by atoms with Crippen molar-refractivity contribution in [3.63, 3.8) is 0 Å². The molecule has 0 unspecified atom stereocenters. The lowest BCUT2D eigenvalue weighted by Gasteiger charge is -1.97. The molecular weight excluding hydrogens is 278 g/mol. The Labute approximate surface area is 98.5 Å². The number of carbonyl (C=O) groups is 1. The maximum absolute atomic E-state index is 11.4. The van der Waals surface area contributed by atoms with E-state index in [1.165, 1.54) is 0 Å². The van der Waals surface area contributed by atoms with Crippen LogP contribution in [0, 0.1) is 0 Å². The normalized spacial score (nSPS) is 10.8. The van der Waals surface area contributed by atoms with Gasteiger partial charge in [0.25, 0.3) is 0 Å². The zero-order valence-electron chi connectivity index (χ0n) is 7.99. The van der Waals surface area contributed by atoms with Gasteiger partial charge in [-0.15, -0.1) is 0 Å². The summed E-state index contributed by atoms with van der Waals surface area (Å²) in [5, 5.41) is 0.306. The monoisotopic (exact) mass is 285 g/mol. The van der Waals surface area contributed by atoms with Crippen LogP contribution in [0.4, 0.5) is 0 Å². The first-order valence-corrected chi connectivity index (χ1v) is 6.26. The molecule has 0 aliphatic heterocycles. The number of halogens is 1. The summed E-state index contributed by atoms with van der Waals surface area (Å²) in [6, 6.07) is 5.33. The first-order valence-electron chi connectivity index (χ1n) is 4.32. The summed E-state index contributed by atoms with van der Waals surface area (Å²) in [5.74, 6) is 0.0282. The SMILES string of the molecule is Cn1c(=O)sc2cc(C(=O)CBr)ccc21. The Balaban J connectivity index is 2.67. The minimum absolute atomic E-state index is 0.00607. The fourth-order valence-electron chi connectivity index (χ4n) is 1.38. The lowest BCUT2D eigenvalue weighted by atomic mass is 10.1. The second-order valence-electron chi connectivity index (χ2n) is 3.17. The second kappa shape index (κ2) is 3.90. The van der Waals surface area contributed by atoms with E-state index in [9.17, 15) is 9.59 Å². The smallest absolute Gasteiger partial charge is 0.302 e. The van der Waals surface area contributed by atoms with Gasteiger partial charge in [-0.1, -0.05) is 27.3 Å². The third-order valence-electron chi connectivity index (χ3n) is 2.24. The van der Waals surface area contributed by atoms with Crippen molar-refractivity contribution < 1.29 is 4.79 Å². The number of nitrogens with zero attached hydrogens (tertiary/aromatic N) is 1. The van der Waals surface area contributed by atoms with Crippen LogP contribution in [0.25, 0.3) is 10.2 Å². The lowest BCUT2D eigenvalue weighted by molar-refractivity contribution is 0.102. The summed E-state index contributed by atoms with van der Waals surface area (Å²) in [6.45, 7) is 0. The molecule has 0 saturated carbocycles. The number of carbonyl (C=O) groups excluding carboxylic acids is 1. The first kappa shape index (κ1) is 10.6. The molecule has 0 atom stereocenters. The molecule has 0 saturated heterocycles. The Morgan fingerprint density at radius 3 is 2.93 bits per heavy atom. The molecule has 0 spiro atoms. The van der Waals surface area contributed by atoms with Gasteiger partial charge in [-0.3, -0.25) is 9.59 Å². The van der Waals surface area contributed by atoms with Crippen LogP contribution in [0.1, 0.15) is 10.4 Å². The van der Waals surface area contributed by atoms with Gasteiger partial charge in [-0.2, -0.15) is 0 Å². The molecule has 1 heterocycles. The van der Waals surface area contributed by atoms with E-state index in [-0.39, 0.29) is 10.7 Å². The number of aryl methyl sites for hydroxylation is 1. The van der Waals surface area contributed by atoms with Crippen LogP contribution in [0.3, 0.4) is 0 Å². The van der Waals surface area contributed by atoms with Crippen molar-refractivity contribution in [3.05, 3.63) is 33.4 Å². The van der Waals surface area contributed by atoms with Crippen LogP contribution in [0.5, 0.6) is 0 Å². The van der Waals surface area contributed by atoms with E-state index in [1.807, 2.05) is 6.07 Å². The van der Waals surface area contributed by atoms with E-state index in [2.05, 4.69) is 15.9 Å². The third kappa shape index (κ3) is 1.77. The molecular formula is C10H8BrNO2S. The average Bonchev–Trinajstić information content (AvgIpc) is 2.53. The van der Waals surface area contributed by atoms with Crippen LogP contribution in [0.15, 0.2) is 23.0 Å². The Morgan fingerprint density at radius 1 is 1.53 bits per heavy atom. The van der Waals surface area contributed by atoms with Gasteiger partial charge in [0.1, 0.15) is 0 Å². The number of hydrogen-bond acceptors (Lipinski definition) is 3. The molecule has 5 heteroatoms. The van der Waals surface area contributed by atoms with Gasteiger partial charge in [0.2, 0.25) is 0 Å². The Bertz CT molecular complexity index is 585. The number of fused-ring (bicyclic) bond motifs is 1. The molecule has 2 aromatic rings. The predicted molar refractivity (Wildman–Crippen MR) is 65.2 cm³/mol. The van der Waals surface area contributed by atoms with Crippen molar-refractivity contribution in [1.82, 2.24) is 4.57 Å². The maximum atomic E-state index is 11.4. The Morgan fingerprint density at radius 2 is 2.27 bits per heavy atom. The molecule has 1 aromatic carbocycles. The average molecular weight is 286 g/mol. The molecule has 2 rings (SSSR count). The van der Waals surface area contributed by atoms with Crippen LogP contribution < -0.4 is 4.87 Å². The molecule has 3 nitrogen and oxygen atoms in total. The number of ketones is 1. The number of benzene rings is 1. The largest absolute Gasteiger partial charge is 0.307 e. The third-order valence-corrected chi connectivity index (χ3v) is 3.74. The van der Waals surface area contributed by atoms with Gasteiger partial charge in [-0.25, -0.2) is 0 Å². The molecule has 1 aromatic heterocycles. The number of alkyl halides is 1. The van der Waals surface area contributed by atoms with Gasteiger partial charge >= 0.3 is 4.87 Å². The highest BCUT2D eigenvalue weighted by Gasteiger charge is 2.08. The van der Waals surface area contributed by atoms with Crippen LogP contribution >= 0.6 is 27.3 Å². The summed E-state index contributed by atoms with van der Waals surface area (Å²) in [4.78, 5) is 22.8. The van der Waals surface area contributed by atoms with Crippen LogP contribution in [-0.2, 0) is 7.05 Å². The van der Waals surface area contributed by atoms with Crippen molar-refractivity contribution >= 4 is 43.3 Å². The fraction of sp³-hybridized carbons (Fsp3) is 0.200. The minimum Gasteiger partial charge on any atom is -0.302 e. The summed E-state index contributed by atoms with van der Waals surface area (Å²) >= 11 is 4.28. The summed E-state index contributed by atoms with van der Waals surface area (Å²) < 4.78 is 2.44. The highest BCUT2D eigenvalue weighted by Crippen LogP contribution is 2.18. The highest BCUT2D eigenvalue weighted by molar-refractivity contribution is 9.09. The van der Waals surface area contributed by atoms with Crippen molar-refractivity contribution in [2.45, 2.75) is 0 Å². The zero-order chi connectivity index (χ0) is 11.0. The molecule has 78 valence electrons. The van der Waals surface area contributed by atoms with E-state index in [4.69, 9.17) is 0 Å². The van der Waals surface area contributed by atoms with Gasteiger partial charge in [0, 0.05) is 12.6 Å². The topological polar surface area (TPSA) is 39.1 Å². The fourth-order valence-corrected chi connectivity index (χ4v) is 2.63. The van der Waals surface area contributed by atoms with Crippen molar-refractivity contribution in [2.24, 2.45) is 7.05 Å².